The van der Waals surface area contributed by atoms with Crippen LogP contribution in [0.25, 0.3) is 0 Å². The van der Waals surface area contributed by atoms with Gasteiger partial charge in [0.15, 0.2) is 0 Å². The van der Waals surface area contributed by atoms with E-state index >= 15 is 0 Å². The van der Waals surface area contributed by atoms with Gasteiger partial charge in [-0.2, -0.15) is 0 Å². The van der Waals surface area contributed by atoms with Crippen LogP contribution in [0.2, 0.25) is 0 Å². The monoisotopic (exact) mass is 197 g/mol. The summed E-state index contributed by atoms with van der Waals surface area (Å²) in [4.78, 5) is 23.9. The number of hydrogen-bond donors (Lipinski definition) is 0. The summed E-state index contributed by atoms with van der Waals surface area (Å²) in [5.74, 6) is -0.404. The largest absolute Gasteiger partial charge is 0.462 e. The van der Waals surface area contributed by atoms with Gasteiger partial charge in [-0.15, -0.1) is 0 Å². The van der Waals surface area contributed by atoms with Crippen molar-refractivity contribution < 1.29 is 14.3 Å². The summed E-state index contributed by atoms with van der Waals surface area (Å²) >= 11 is 0. The Morgan fingerprint density at radius 2 is 2.00 bits per heavy atom. The number of rotatable bonds is 4. The first kappa shape index (κ1) is 10.8. The van der Waals surface area contributed by atoms with Gasteiger partial charge in [0.1, 0.15) is 6.61 Å². The zero-order valence-corrected chi connectivity index (χ0v) is 8.20. The Hall–Kier alpha value is -1.32. The SMILES string of the molecule is C=CC(=O)OCCC(=O)N1CCCC1. The highest BCUT2D eigenvalue weighted by Crippen LogP contribution is 2.08. The molecule has 1 fully saturated rings. The van der Waals surface area contributed by atoms with Crippen LogP contribution in [0.1, 0.15) is 19.3 Å². The molecule has 1 aliphatic rings. The molecule has 0 spiro atoms. The number of amides is 1. The smallest absolute Gasteiger partial charge is 0.330 e. The van der Waals surface area contributed by atoms with Gasteiger partial charge in [-0.1, -0.05) is 6.58 Å². The highest BCUT2D eigenvalue weighted by Gasteiger charge is 2.17. The molecule has 1 amide bonds. The zero-order valence-electron chi connectivity index (χ0n) is 8.20. The van der Waals surface area contributed by atoms with Crippen molar-refractivity contribution in [2.24, 2.45) is 0 Å². The van der Waals surface area contributed by atoms with Crippen molar-refractivity contribution in [1.82, 2.24) is 4.90 Å². The van der Waals surface area contributed by atoms with E-state index in [1.54, 1.807) is 0 Å². The van der Waals surface area contributed by atoms with Crippen LogP contribution in [0, 0.1) is 0 Å². The van der Waals surface area contributed by atoms with Crippen LogP contribution < -0.4 is 0 Å². The van der Waals surface area contributed by atoms with Crippen LogP contribution in [0.4, 0.5) is 0 Å². The summed E-state index contributed by atoms with van der Waals surface area (Å²) in [7, 11) is 0. The van der Waals surface area contributed by atoms with Crippen molar-refractivity contribution in [3.63, 3.8) is 0 Å². The number of esters is 1. The lowest BCUT2D eigenvalue weighted by Crippen LogP contribution is -2.28. The van der Waals surface area contributed by atoms with Crippen molar-refractivity contribution in [3.8, 4) is 0 Å². The number of likely N-dealkylation sites (tertiary alicyclic amines) is 1. The maximum absolute atomic E-state index is 11.4. The lowest BCUT2D eigenvalue weighted by atomic mass is 10.4. The van der Waals surface area contributed by atoms with E-state index in [0.717, 1.165) is 32.0 Å². The van der Waals surface area contributed by atoms with Crippen LogP contribution in [0.3, 0.4) is 0 Å². The van der Waals surface area contributed by atoms with Crippen molar-refractivity contribution in [2.75, 3.05) is 19.7 Å². The van der Waals surface area contributed by atoms with E-state index in [4.69, 9.17) is 4.74 Å². The van der Waals surface area contributed by atoms with E-state index in [-0.39, 0.29) is 18.9 Å². The van der Waals surface area contributed by atoms with E-state index in [9.17, 15) is 9.59 Å². The third-order valence-corrected chi connectivity index (χ3v) is 2.19. The second-order valence-corrected chi connectivity index (χ2v) is 3.21. The lowest BCUT2D eigenvalue weighted by Gasteiger charge is -2.14. The molecule has 4 nitrogen and oxygen atoms in total. The molecule has 1 heterocycles. The number of carbonyl (C=O) groups is 2. The Balaban J connectivity index is 2.14. The fourth-order valence-corrected chi connectivity index (χ4v) is 1.42. The van der Waals surface area contributed by atoms with E-state index < -0.39 is 5.97 Å². The minimum absolute atomic E-state index is 0.0689. The molecular formula is C10H15NO3. The van der Waals surface area contributed by atoms with Crippen LogP contribution in [-0.4, -0.2) is 36.5 Å². The maximum atomic E-state index is 11.4. The topological polar surface area (TPSA) is 46.6 Å². The van der Waals surface area contributed by atoms with Gasteiger partial charge in [0.25, 0.3) is 0 Å². The molecule has 4 heteroatoms. The van der Waals surface area contributed by atoms with Gasteiger partial charge in [-0.3, -0.25) is 4.79 Å². The van der Waals surface area contributed by atoms with Crippen molar-refractivity contribution in [3.05, 3.63) is 12.7 Å². The molecule has 0 atom stereocenters. The molecule has 1 aliphatic heterocycles. The summed E-state index contributed by atoms with van der Waals surface area (Å²) < 4.78 is 4.72. The Bertz CT molecular complexity index is 232. The van der Waals surface area contributed by atoms with E-state index in [2.05, 4.69) is 6.58 Å². The van der Waals surface area contributed by atoms with Crippen molar-refractivity contribution in [2.45, 2.75) is 19.3 Å². The van der Waals surface area contributed by atoms with Crippen molar-refractivity contribution >= 4 is 11.9 Å². The maximum Gasteiger partial charge on any atom is 0.330 e. The number of carbonyl (C=O) groups excluding carboxylic acids is 2. The molecule has 0 unspecified atom stereocenters. The van der Waals surface area contributed by atoms with Crippen molar-refractivity contribution in [1.29, 1.82) is 0 Å². The summed E-state index contributed by atoms with van der Waals surface area (Å²) in [5.41, 5.74) is 0. The number of hydrogen-bond acceptors (Lipinski definition) is 3. The molecule has 0 aliphatic carbocycles. The van der Waals surface area contributed by atoms with Gasteiger partial charge in [0.2, 0.25) is 5.91 Å². The predicted octanol–water partition coefficient (Wildman–Crippen LogP) is 0.728. The average molecular weight is 197 g/mol. The van der Waals surface area contributed by atoms with E-state index in [1.807, 2.05) is 4.90 Å². The van der Waals surface area contributed by atoms with Gasteiger partial charge in [0.05, 0.1) is 6.42 Å². The van der Waals surface area contributed by atoms with E-state index in [0.29, 0.717) is 0 Å². The highest BCUT2D eigenvalue weighted by molar-refractivity contribution is 5.82. The Kier molecular flexibility index (Phi) is 4.16. The van der Waals surface area contributed by atoms with Crippen LogP contribution in [-0.2, 0) is 14.3 Å². The number of nitrogens with zero attached hydrogens (tertiary/aromatic N) is 1. The van der Waals surface area contributed by atoms with Gasteiger partial charge in [-0.05, 0) is 12.8 Å². The fraction of sp³-hybridized carbons (Fsp3) is 0.600. The second kappa shape index (κ2) is 5.42. The third kappa shape index (κ3) is 3.20. The quantitative estimate of drug-likeness (QED) is 0.493. The Morgan fingerprint density at radius 1 is 1.36 bits per heavy atom. The predicted molar refractivity (Wildman–Crippen MR) is 51.6 cm³/mol. The summed E-state index contributed by atoms with van der Waals surface area (Å²) in [6, 6.07) is 0. The average Bonchev–Trinajstić information content (AvgIpc) is 2.70. The van der Waals surface area contributed by atoms with Gasteiger partial charge in [0, 0.05) is 19.2 Å². The summed E-state index contributed by atoms with van der Waals surface area (Å²) in [6.07, 6.45) is 3.54. The standard InChI is InChI=1S/C10H15NO3/c1-2-10(13)14-8-5-9(12)11-6-3-4-7-11/h2H,1,3-8H2. The molecule has 0 radical (unpaired) electrons. The van der Waals surface area contributed by atoms with Gasteiger partial charge < -0.3 is 9.64 Å². The minimum Gasteiger partial charge on any atom is -0.462 e. The Morgan fingerprint density at radius 3 is 2.57 bits per heavy atom. The van der Waals surface area contributed by atoms with E-state index in [1.165, 1.54) is 0 Å². The van der Waals surface area contributed by atoms with Crippen LogP contribution in [0.5, 0.6) is 0 Å². The zero-order chi connectivity index (χ0) is 10.4. The molecule has 0 bridgehead atoms. The molecule has 0 saturated carbocycles. The Labute approximate surface area is 83.5 Å². The molecule has 0 N–H and O–H groups in total. The fourth-order valence-electron chi connectivity index (χ4n) is 1.42. The minimum atomic E-state index is -0.473. The lowest BCUT2D eigenvalue weighted by molar-refractivity contribution is -0.140. The molecular weight excluding hydrogens is 182 g/mol. The molecule has 0 aromatic carbocycles. The first-order chi connectivity index (χ1) is 6.74. The van der Waals surface area contributed by atoms with Gasteiger partial charge in [-0.25, -0.2) is 4.79 Å². The van der Waals surface area contributed by atoms with Crippen LogP contribution in [0.15, 0.2) is 12.7 Å². The molecule has 1 rings (SSSR count). The summed E-state index contributed by atoms with van der Waals surface area (Å²) in [6.45, 7) is 5.10. The molecule has 78 valence electrons. The molecule has 0 aromatic heterocycles. The first-order valence-corrected chi connectivity index (χ1v) is 4.81. The number of ether oxygens (including phenoxy) is 1. The molecule has 14 heavy (non-hydrogen) atoms. The molecule has 0 aromatic rings. The summed E-state index contributed by atoms with van der Waals surface area (Å²) in [5, 5.41) is 0. The van der Waals surface area contributed by atoms with Gasteiger partial charge >= 0.3 is 5.97 Å². The normalized spacial score (nSPS) is 15.3. The third-order valence-electron chi connectivity index (χ3n) is 2.19. The molecule has 1 saturated heterocycles. The highest BCUT2D eigenvalue weighted by atomic mass is 16.5. The van der Waals surface area contributed by atoms with Crippen LogP contribution >= 0.6 is 0 Å². The second-order valence-electron chi connectivity index (χ2n) is 3.21. The first-order valence-electron chi connectivity index (χ1n) is 4.81.